The minimum atomic E-state index is -5.47. The van der Waals surface area contributed by atoms with Crippen molar-refractivity contribution >= 4 is 54.6 Å². The van der Waals surface area contributed by atoms with Gasteiger partial charge in [-0.3, -0.25) is 4.79 Å². The third kappa shape index (κ3) is 3.96. The molecular weight excluding hydrogens is 471 g/mol. The first kappa shape index (κ1) is 23.6. The second-order valence-corrected chi connectivity index (χ2v) is 10.1. The summed E-state index contributed by atoms with van der Waals surface area (Å²) in [5.74, 6) is 0.626. The first-order chi connectivity index (χ1) is 14.5. The number of carbonyl (C=O) groups is 1. The van der Waals surface area contributed by atoms with Crippen LogP contribution in [-0.2, 0) is 14.6 Å². The van der Waals surface area contributed by atoms with E-state index in [0.717, 1.165) is 23.9 Å². The number of benzene rings is 1. The molecule has 0 aliphatic carbocycles. The van der Waals surface area contributed by atoms with E-state index in [1.165, 1.54) is 6.07 Å². The lowest BCUT2D eigenvalue weighted by Gasteiger charge is -2.23. The van der Waals surface area contributed by atoms with Gasteiger partial charge < -0.3 is 14.7 Å². The van der Waals surface area contributed by atoms with E-state index in [2.05, 4.69) is 0 Å². The fourth-order valence-corrected chi connectivity index (χ4v) is 5.51. The van der Waals surface area contributed by atoms with Gasteiger partial charge in [-0.15, -0.1) is 0 Å². The molecule has 3 rings (SSSR count). The van der Waals surface area contributed by atoms with Crippen molar-refractivity contribution in [2.75, 3.05) is 29.4 Å². The highest BCUT2D eigenvalue weighted by Gasteiger charge is 2.47. The summed E-state index contributed by atoms with van der Waals surface area (Å²) in [6.45, 7) is 6.94. The largest absolute Gasteiger partial charge is 0.501 e. The zero-order chi connectivity index (χ0) is 23.1. The molecule has 2 aliphatic heterocycles. The Morgan fingerprint density at radius 2 is 1.58 bits per heavy atom. The van der Waals surface area contributed by atoms with Crippen molar-refractivity contribution in [3.05, 3.63) is 41.9 Å². The van der Waals surface area contributed by atoms with Gasteiger partial charge in [0.2, 0.25) is 5.12 Å². The predicted octanol–water partition coefficient (Wildman–Crippen LogP) is 4.25. The number of allylic oxidation sites excluding steroid dienone is 2. The third-order valence-corrected chi connectivity index (χ3v) is 7.68. The standard InChI is InChI=1S/C19H20F3N3O3S3/c1-4-23-13-8-7-12(31(27,28)19(20,21)22)11-15(13)24(5-2)16(23)10-9-14-17(26)30-18(29)25(14)6-3/h7-11H,4-6H2,1-3H3. The number of nitrogens with zero attached hydrogens (tertiary/aromatic N) is 3. The minimum Gasteiger partial charge on any atom is -0.326 e. The summed E-state index contributed by atoms with van der Waals surface area (Å²) < 4.78 is 63.3. The van der Waals surface area contributed by atoms with Gasteiger partial charge in [0.25, 0.3) is 9.84 Å². The maximum absolute atomic E-state index is 13.0. The van der Waals surface area contributed by atoms with Gasteiger partial charge in [-0.05, 0) is 62.9 Å². The second kappa shape index (κ2) is 8.47. The summed E-state index contributed by atoms with van der Waals surface area (Å²) in [6, 6.07) is 3.38. The quantitative estimate of drug-likeness (QED) is 0.448. The number of hydrogen-bond acceptors (Lipinski definition) is 7. The van der Waals surface area contributed by atoms with Crippen molar-refractivity contribution in [3.63, 3.8) is 0 Å². The molecule has 6 nitrogen and oxygen atoms in total. The van der Waals surface area contributed by atoms with Gasteiger partial charge in [-0.1, -0.05) is 12.2 Å². The first-order valence-electron chi connectivity index (χ1n) is 9.44. The van der Waals surface area contributed by atoms with Crippen LogP contribution in [0.5, 0.6) is 0 Å². The lowest BCUT2D eigenvalue weighted by molar-refractivity contribution is -0.108. The van der Waals surface area contributed by atoms with Crippen LogP contribution in [0.15, 0.2) is 46.8 Å². The molecule has 2 heterocycles. The van der Waals surface area contributed by atoms with Crippen molar-refractivity contribution in [3.8, 4) is 0 Å². The summed E-state index contributed by atoms with van der Waals surface area (Å²) in [5, 5.41) is -0.177. The Morgan fingerprint density at radius 3 is 2.13 bits per heavy atom. The van der Waals surface area contributed by atoms with E-state index >= 15 is 0 Å². The summed E-state index contributed by atoms with van der Waals surface area (Å²) in [6.07, 6.45) is 3.34. The van der Waals surface area contributed by atoms with Gasteiger partial charge in [0.15, 0.2) is 0 Å². The van der Waals surface area contributed by atoms with Gasteiger partial charge in [0.05, 0.1) is 22.0 Å². The lowest BCUT2D eigenvalue weighted by Crippen LogP contribution is -2.28. The van der Waals surface area contributed by atoms with E-state index in [0.29, 0.717) is 46.8 Å². The average molecular weight is 492 g/mol. The van der Waals surface area contributed by atoms with Crippen LogP contribution < -0.4 is 9.80 Å². The fraction of sp³-hybridized carbons (Fsp3) is 0.368. The average Bonchev–Trinajstić information content (AvgIpc) is 3.16. The number of likely N-dealkylation sites (N-methyl/N-ethyl adjacent to an activating group) is 1. The van der Waals surface area contributed by atoms with Crippen molar-refractivity contribution in [2.45, 2.75) is 31.2 Å². The van der Waals surface area contributed by atoms with Gasteiger partial charge >= 0.3 is 5.51 Å². The number of hydrogen-bond donors (Lipinski definition) is 0. The molecule has 12 heteroatoms. The SMILES string of the molecule is CCN1C(=S)SC(=O)C1=CC=C1N(CC)c2ccc(S(=O)(=O)C(F)(F)F)cc2N1CC. The van der Waals surface area contributed by atoms with Crippen LogP contribution in [0.1, 0.15) is 20.8 Å². The van der Waals surface area contributed by atoms with E-state index in [1.807, 2.05) is 18.7 Å². The highest BCUT2D eigenvalue weighted by molar-refractivity contribution is 8.33. The fourth-order valence-electron chi connectivity index (χ4n) is 3.49. The summed E-state index contributed by atoms with van der Waals surface area (Å²) in [5.41, 5.74) is -4.01. The normalized spacial score (nSPS) is 19.9. The maximum Gasteiger partial charge on any atom is 0.501 e. The smallest absolute Gasteiger partial charge is 0.326 e. The lowest BCUT2D eigenvalue weighted by atomic mass is 10.2. The van der Waals surface area contributed by atoms with E-state index in [1.54, 1.807) is 28.9 Å². The van der Waals surface area contributed by atoms with Crippen LogP contribution in [-0.4, -0.2) is 47.9 Å². The molecule has 0 radical (unpaired) electrons. The van der Waals surface area contributed by atoms with E-state index in [-0.39, 0.29) is 5.12 Å². The maximum atomic E-state index is 13.0. The van der Waals surface area contributed by atoms with Crippen LogP contribution in [0.3, 0.4) is 0 Å². The Hall–Kier alpha value is -2.05. The summed E-state index contributed by atoms with van der Waals surface area (Å²) in [7, 11) is -5.47. The number of sulfone groups is 1. The molecule has 0 unspecified atom stereocenters. The zero-order valence-electron chi connectivity index (χ0n) is 16.9. The van der Waals surface area contributed by atoms with Crippen molar-refractivity contribution in [2.24, 2.45) is 0 Å². The van der Waals surface area contributed by atoms with Crippen LogP contribution in [0.25, 0.3) is 0 Å². The molecule has 0 bridgehead atoms. The number of halogens is 3. The molecule has 1 aromatic rings. The molecule has 0 N–H and O–H groups in total. The molecule has 1 fully saturated rings. The third-order valence-electron chi connectivity index (χ3n) is 4.94. The molecule has 0 spiro atoms. The number of fused-ring (bicyclic) bond motifs is 1. The number of alkyl halides is 3. The Kier molecular flexibility index (Phi) is 6.45. The van der Waals surface area contributed by atoms with Crippen LogP contribution in [0.4, 0.5) is 24.5 Å². The molecule has 0 amide bonds. The van der Waals surface area contributed by atoms with Crippen molar-refractivity contribution in [1.29, 1.82) is 0 Å². The molecule has 31 heavy (non-hydrogen) atoms. The molecule has 0 aromatic heterocycles. The van der Waals surface area contributed by atoms with Crippen LogP contribution >= 0.6 is 24.0 Å². The molecule has 168 valence electrons. The summed E-state index contributed by atoms with van der Waals surface area (Å²) >= 11 is 6.18. The Morgan fingerprint density at radius 1 is 1.00 bits per heavy atom. The molecule has 0 atom stereocenters. The van der Waals surface area contributed by atoms with Crippen LogP contribution in [0.2, 0.25) is 0 Å². The highest BCUT2D eigenvalue weighted by Crippen LogP contribution is 2.44. The number of carbonyl (C=O) groups excluding carboxylic acids is 1. The van der Waals surface area contributed by atoms with Crippen LogP contribution in [0, 0.1) is 0 Å². The summed E-state index contributed by atoms with van der Waals surface area (Å²) in [4.78, 5) is 16.7. The van der Waals surface area contributed by atoms with Gasteiger partial charge in [-0.2, -0.15) is 13.2 Å². The molecule has 1 aromatic carbocycles. The number of anilines is 2. The highest BCUT2D eigenvalue weighted by atomic mass is 32.2. The monoisotopic (exact) mass is 491 g/mol. The Labute approximate surface area is 188 Å². The van der Waals surface area contributed by atoms with E-state index < -0.39 is 20.2 Å². The first-order valence-corrected chi connectivity index (χ1v) is 12.1. The number of rotatable bonds is 5. The number of thioether (sulfide) groups is 1. The van der Waals surface area contributed by atoms with Gasteiger partial charge in [-0.25, -0.2) is 8.42 Å². The van der Waals surface area contributed by atoms with E-state index in [4.69, 9.17) is 12.2 Å². The minimum absolute atomic E-state index is 0.177. The Bertz CT molecular complexity index is 1100. The molecular formula is C19H20F3N3O3S3. The second-order valence-electron chi connectivity index (χ2n) is 6.56. The Balaban J connectivity index is 2.09. The van der Waals surface area contributed by atoms with Crippen molar-refractivity contribution < 1.29 is 26.4 Å². The van der Waals surface area contributed by atoms with E-state index in [9.17, 15) is 26.4 Å². The predicted molar refractivity (Wildman–Crippen MR) is 119 cm³/mol. The molecule has 2 aliphatic rings. The van der Waals surface area contributed by atoms with Crippen molar-refractivity contribution in [1.82, 2.24) is 4.90 Å². The van der Waals surface area contributed by atoms with Gasteiger partial charge in [0, 0.05) is 19.6 Å². The number of thiocarbonyl (C=S) groups is 1. The zero-order valence-corrected chi connectivity index (χ0v) is 19.4. The molecule has 0 saturated carbocycles. The van der Waals surface area contributed by atoms with Gasteiger partial charge in [0.1, 0.15) is 10.1 Å². The molecule has 1 saturated heterocycles. The topological polar surface area (TPSA) is 60.9 Å².